The molecular formula is C11H21N3. The van der Waals surface area contributed by atoms with E-state index in [0.29, 0.717) is 0 Å². The number of rotatable bonds is 0. The van der Waals surface area contributed by atoms with Crippen LogP contribution >= 0.6 is 0 Å². The summed E-state index contributed by atoms with van der Waals surface area (Å²) in [5.41, 5.74) is 0.217. The van der Waals surface area contributed by atoms with Crippen molar-refractivity contribution in [2.45, 2.75) is 39.2 Å². The molecule has 0 saturated carbocycles. The first-order valence-corrected chi connectivity index (χ1v) is 5.66. The summed E-state index contributed by atoms with van der Waals surface area (Å²) in [5, 5.41) is 0. The standard InChI is InChI=1S/C11H21N3/c1-11(2,3)14-9-5-8-13-7-4-6-12-10(13)14/h4-9H2,1-3H3. The molecule has 0 unspecified atom stereocenters. The molecule has 0 aromatic heterocycles. The van der Waals surface area contributed by atoms with Crippen molar-refractivity contribution in [2.75, 3.05) is 26.2 Å². The summed E-state index contributed by atoms with van der Waals surface area (Å²) in [5.74, 6) is 1.25. The average Bonchev–Trinajstić information content (AvgIpc) is 2.15. The van der Waals surface area contributed by atoms with Crippen LogP contribution in [-0.4, -0.2) is 47.5 Å². The number of aliphatic imine (C=N–C) groups is 1. The van der Waals surface area contributed by atoms with E-state index in [-0.39, 0.29) is 5.54 Å². The fraction of sp³-hybridized carbons (Fsp3) is 0.909. The van der Waals surface area contributed by atoms with E-state index in [9.17, 15) is 0 Å². The Labute approximate surface area is 86.8 Å². The van der Waals surface area contributed by atoms with Crippen molar-refractivity contribution in [1.29, 1.82) is 0 Å². The van der Waals surface area contributed by atoms with Gasteiger partial charge in [-0.1, -0.05) is 0 Å². The number of guanidine groups is 1. The molecule has 0 aromatic rings. The molecule has 0 bridgehead atoms. The van der Waals surface area contributed by atoms with Gasteiger partial charge in [0.2, 0.25) is 0 Å². The highest BCUT2D eigenvalue weighted by Crippen LogP contribution is 2.22. The fourth-order valence-corrected chi connectivity index (χ4v) is 2.26. The van der Waals surface area contributed by atoms with E-state index in [4.69, 9.17) is 0 Å². The highest BCUT2D eigenvalue weighted by molar-refractivity contribution is 5.82. The Hall–Kier alpha value is -0.730. The van der Waals surface area contributed by atoms with Crippen LogP contribution in [0.15, 0.2) is 4.99 Å². The van der Waals surface area contributed by atoms with Crippen LogP contribution in [0.4, 0.5) is 0 Å². The molecule has 2 aliphatic rings. The number of hydrogen-bond donors (Lipinski definition) is 0. The number of hydrogen-bond acceptors (Lipinski definition) is 3. The maximum Gasteiger partial charge on any atom is 0.197 e. The Kier molecular flexibility index (Phi) is 2.41. The molecule has 0 spiro atoms. The molecule has 0 aliphatic carbocycles. The van der Waals surface area contributed by atoms with Crippen molar-refractivity contribution in [3.63, 3.8) is 0 Å². The van der Waals surface area contributed by atoms with Gasteiger partial charge in [-0.2, -0.15) is 0 Å². The van der Waals surface area contributed by atoms with Crippen LogP contribution in [-0.2, 0) is 0 Å². The zero-order valence-electron chi connectivity index (χ0n) is 9.58. The van der Waals surface area contributed by atoms with Gasteiger partial charge in [-0.25, -0.2) is 0 Å². The van der Waals surface area contributed by atoms with Crippen LogP contribution in [0, 0.1) is 0 Å². The molecule has 0 amide bonds. The van der Waals surface area contributed by atoms with Gasteiger partial charge >= 0.3 is 0 Å². The predicted molar refractivity (Wildman–Crippen MR) is 59.6 cm³/mol. The monoisotopic (exact) mass is 195 g/mol. The summed E-state index contributed by atoms with van der Waals surface area (Å²) in [6.45, 7) is 11.4. The third-order valence-electron chi connectivity index (χ3n) is 2.98. The van der Waals surface area contributed by atoms with Gasteiger partial charge in [-0.3, -0.25) is 4.99 Å². The maximum absolute atomic E-state index is 4.67. The van der Waals surface area contributed by atoms with Crippen molar-refractivity contribution < 1.29 is 0 Å². The van der Waals surface area contributed by atoms with Crippen LogP contribution in [0.25, 0.3) is 0 Å². The highest BCUT2D eigenvalue weighted by atomic mass is 15.4. The Morgan fingerprint density at radius 3 is 2.50 bits per heavy atom. The van der Waals surface area contributed by atoms with Crippen molar-refractivity contribution in [3.05, 3.63) is 0 Å². The summed E-state index contributed by atoms with van der Waals surface area (Å²) in [6, 6.07) is 0. The largest absolute Gasteiger partial charge is 0.343 e. The summed E-state index contributed by atoms with van der Waals surface area (Å²) >= 11 is 0. The Bertz CT molecular complexity index is 239. The van der Waals surface area contributed by atoms with E-state index in [1.165, 1.54) is 38.4 Å². The fourth-order valence-electron chi connectivity index (χ4n) is 2.26. The lowest BCUT2D eigenvalue weighted by molar-refractivity contribution is 0.158. The smallest absolute Gasteiger partial charge is 0.197 e. The highest BCUT2D eigenvalue weighted by Gasteiger charge is 2.32. The lowest BCUT2D eigenvalue weighted by atomic mass is 10.0. The summed E-state index contributed by atoms with van der Waals surface area (Å²) in [6.07, 6.45) is 2.50. The molecular weight excluding hydrogens is 174 g/mol. The van der Waals surface area contributed by atoms with Crippen LogP contribution in [0.2, 0.25) is 0 Å². The van der Waals surface area contributed by atoms with Gasteiger partial charge in [0.25, 0.3) is 0 Å². The van der Waals surface area contributed by atoms with Crippen molar-refractivity contribution >= 4 is 5.96 Å². The van der Waals surface area contributed by atoms with Crippen LogP contribution < -0.4 is 0 Å². The summed E-state index contributed by atoms with van der Waals surface area (Å²) in [7, 11) is 0. The van der Waals surface area contributed by atoms with Gasteiger partial charge in [0.15, 0.2) is 5.96 Å². The first kappa shape index (κ1) is 9.81. The second-order valence-electron chi connectivity index (χ2n) is 5.20. The molecule has 0 aromatic carbocycles. The zero-order valence-corrected chi connectivity index (χ0v) is 9.58. The SMILES string of the molecule is CC(C)(C)N1CCCN2CCCN=C21. The van der Waals surface area contributed by atoms with Gasteiger partial charge in [0.05, 0.1) is 0 Å². The number of fused-ring (bicyclic) bond motifs is 1. The number of nitrogens with zero attached hydrogens (tertiary/aromatic N) is 3. The minimum atomic E-state index is 0.217. The van der Waals surface area contributed by atoms with Gasteiger partial charge in [0.1, 0.15) is 0 Å². The Morgan fingerprint density at radius 1 is 1.07 bits per heavy atom. The third kappa shape index (κ3) is 1.72. The normalized spacial score (nSPS) is 23.2. The minimum absolute atomic E-state index is 0.217. The molecule has 2 heterocycles. The van der Waals surface area contributed by atoms with E-state index in [0.717, 1.165) is 6.54 Å². The molecule has 1 fully saturated rings. The van der Waals surface area contributed by atoms with Gasteiger partial charge in [0, 0.05) is 31.7 Å². The Morgan fingerprint density at radius 2 is 1.79 bits per heavy atom. The van der Waals surface area contributed by atoms with Crippen molar-refractivity contribution in [1.82, 2.24) is 9.80 Å². The average molecular weight is 195 g/mol. The van der Waals surface area contributed by atoms with E-state index in [1.807, 2.05) is 0 Å². The molecule has 0 radical (unpaired) electrons. The first-order chi connectivity index (χ1) is 6.59. The molecule has 2 aliphatic heterocycles. The molecule has 1 saturated heterocycles. The quantitative estimate of drug-likeness (QED) is 0.584. The second kappa shape index (κ2) is 3.44. The van der Waals surface area contributed by atoms with Gasteiger partial charge < -0.3 is 9.80 Å². The van der Waals surface area contributed by atoms with Crippen LogP contribution in [0.3, 0.4) is 0 Å². The Balaban J connectivity index is 2.20. The first-order valence-electron chi connectivity index (χ1n) is 5.66. The third-order valence-corrected chi connectivity index (χ3v) is 2.98. The molecule has 0 N–H and O–H groups in total. The molecule has 14 heavy (non-hydrogen) atoms. The van der Waals surface area contributed by atoms with Gasteiger partial charge in [-0.05, 0) is 33.6 Å². The molecule has 3 nitrogen and oxygen atoms in total. The lowest BCUT2D eigenvalue weighted by Gasteiger charge is -2.47. The van der Waals surface area contributed by atoms with E-state index in [2.05, 4.69) is 35.6 Å². The minimum Gasteiger partial charge on any atom is -0.343 e. The van der Waals surface area contributed by atoms with Crippen molar-refractivity contribution in [3.8, 4) is 0 Å². The van der Waals surface area contributed by atoms with E-state index < -0.39 is 0 Å². The molecule has 2 rings (SSSR count). The second-order valence-corrected chi connectivity index (χ2v) is 5.20. The summed E-state index contributed by atoms with van der Waals surface area (Å²) in [4.78, 5) is 9.56. The maximum atomic E-state index is 4.67. The molecule has 80 valence electrons. The van der Waals surface area contributed by atoms with E-state index >= 15 is 0 Å². The van der Waals surface area contributed by atoms with Crippen LogP contribution in [0.5, 0.6) is 0 Å². The summed E-state index contributed by atoms with van der Waals surface area (Å²) < 4.78 is 0. The lowest BCUT2D eigenvalue weighted by Crippen LogP contribution is -2.58. The van der Waals surface area contributed by atoms with E-state index in [1.54, 1.807) is 0 Å². The van der Waals surface area contributed by atoms with Crippen LogP contribution in [0.1, 0.15) is 33.6 Å². The topological polar surface area (TPSA) is 18.8 Å². The van der Waals surface area contributed by atoms with Crippen molar-refractivity contribution in [2.24, 2.45) is 4.99 Å². The predicted octanol–water partition coefficient (Wildman–Crippen LogP) is 1.55. The zero-order chi connectivity index (χ0) is 10.2. The molecule has 0 atom stereocenters. The molecule has 3 heteroatoms. The van der Waals surface area contributed by atoms with Gasteiger partial charge in [-0.15, -0.1) is 0 Å².